The van der Waals surface area contributed by atoms with Crippen molar-refractivity contribution in [2.45, 2.75) is 38.2 Å². The lowest BCUT2D eigenvalue weighted by Gasteiger charge is -2.21. The molecule has 0 heterocycles. The van der Waals surface area contributed by atoms with Gasteiger partial charge in [0.1, 0.15) is 18.0 Å². The summed E-state index contributed by atoms with van der Waals surface area (Å²) in [5.41, 5.74) is -1.49. The number of hydrogen-bond donors (Lipinski definition) is 0. The first-order chi connectivity index (χ1) is 13.0. The fraction of sp³-hybridized carbons (Fsp3) is 0.333. The topological polar surface area (TPSA) is 9.23 Å². The summed E-state index contributed by atoms with van der Waals surface area (Å²) in [6.45, 7) is 0. The second-order valence-electron chi connectivity index (χ2n) is 5.80. The molecule has 0 aliphatic rings. The Balaban J connectivity index is 2.48. The normalized spacial score (nSPS) is 13.1. The standard InChI is InChI=1S/C18H13BrF8O/c19-13-14(21)10(7-6-9-4-2-1-3-5-9)16(12(15(13)22)17(23)24)28-11(20)8-18(25,26)27/h1-5,11,17H,6-8H2. The van der Waals surface area contributed by atoms with E-state index in [1.54, 1.807) is 30.3 Å². The smallest absolute Gasteiger partial charge is 0.395 e. The van der Waals surface area contributed by atoms with E-state index in [2.05, 4.69) is 20.7 Å². The molecule has 1 nitrogen and oxygen atoms in total. The van der Waals surface area contributed by atoms with Crippen LogP contribution in [0.2, 0.25) is 0 Å². The van der Waals surface area contributed by atoms with E-state index in [9.17, 15) is 35.1 Å². The first-order valence-electron chi connectivity index (χ1n) is 7.90. The maximum absolute atomic E-state index is 14.5. The van der Waals surface area contributed by atoms with Crippen LogP contribution in [0.25, 0.3) is 0 Å². The van der Waals surface area contributed by atoms with Crippen molar-refractivity contribution in [3.8, 4) is 5.75 Å². The largest absolute Gasteiger partial charge is 0.459 e. The molecule has 1 atom stereocenters. The van der Waals surface area contributed by atoms with Crippen molar-refractivity contribution in [3.63, 3.8) is 0 Å². The lowest BCUT2D eigenvalue weighted by Crippen LogP contribution is -2.22. The molecule has 0 radical (unpaired) electrons. The summed E-state index contributed by atoms with van der Waals surface area (Å²) in [6, 6.07) is 8.32. The van der Waals surface area contributed by atoms with Gasteiger partial charge < -0.3 is 4.74 Å². The lowest BCUT2D eigenvalue weighted by atomic mass is 10.00. The summed E-state index contributed by atoms with van der Waals surface area (Å²) < 4.78 is 109. The van der Waals surface area contributed by atoms with E-state index in [1.165, 1.54) is 0 Å². The Bertz CT molecular complexity index is 808. The van der Waals surface area contributed by atoms with Crippen molar-refractivity contribution in [2.24, 2.45) is 0 Å². The zero-order valence-corrected chi connectivity index (χ0v) is 15.6. The van der Waals surface area contributed by atoms with Crippen LogP contribution in [0.5, 0.6) is 5.75 Å². The highest BCUT2D eigenvalue weighted by Crippen LogP contribution is 2.42. The number of alkyl halides is 6. The third-order valence-electron chi connectivity index (χ3n) is 3.77. The third kappa shape index (κ3) is 5.59. The molecule has 0 saturated heterocycles. The van der Waals surface area contributed by atoms with Crippen LogP contribution in [-0.4, -0.2) is 12.5 Å². The monoisotopic (exact) mass is 476 g/mol. The van der Waals surface area contributed by atoms with Gasteiger partial charge in [0.25, 0.3) is 6.43 Å². The number of rotatable bonds is 7. The molecule has 0 aromatic heterocycles. The highest BCUT2D eigenvalue weighted by atomic mass is 79.9. The zero-order valence-electron chi connectivity index (χ0n) is 14.0. The van der Waals surface area contributed by atoms with Gasteiger partial charge in [0.15, 0.2) is 5.82 Å². The van der Waals surface area contributed by atoms with Crippen LogP contribution in [0.4, 0.5) is 35.1 Å². The van der Waals surface area contributed by atoms with Crippen molar-refractivity contribution >= 4 is 15.9 Å². The summed E-state index contributed by atoms with van der Waals surface area (Å²) in [4.78, 5) is 0. The third-order valence-corrected chi connectivity index (χ3v) is 4.46. The van der Waals surface area contributed by atoms with Crippen molar-refractivity contribution < 1.29 is 39.9 Å². The molecular weight excluding hydrogens is 464 g/mol. The molecule has 0 saturated carbocycles. The quantitative estimate of drug-likeness (QED) is 0.306. The lowest BCUT2D eigenvalue weighted by molar-refractivity contribution is -0.166. The molecule has 0 amide bonds. The fourth-order valence-corrected chi connectivity index (χ4v) is 2.98. The fourth-order valence-electron chi connectivity index (χ4n) is 2.53. The summed E-state index contributed by atoms with van der Waals surface area (Å²) in [7, 11) is 0. The summed E-state index contributed by atoms with van der Waals surface area (Å²) in [6.07, 6.45) is -14.0. The first-order valence-corrected chi connectivity index (χ1v) is 8.69. The van der Waals surface area contributed by atoms with Gasteiger partial charge in [-0.3, -0.25) is 0 Å². The molecule has 0 aliphatic carbocycles. The van der Waals surface area contributed by atoms with Crippen LogP contribution in [-0.2, 0) is 12.8 Å². The van der Waals surface area contributed by atoms with Crippen molar-refractivity contribution in [1.29, 1.82) is 0 Å². The number of aryl methyl sites for hydroxylation is 1. The van der Waals surface area contributed by atoms with Gasteiger partial charge in [-0.1, -0.05) is 30.3 Å². The second-order valence-corrected chi connectivity index (χ2v) is 6.59. The minimum atomic E-state index is -5.00. The van der Waals surface area contributed by atoms with Crippen LogP contribution >= 0.6 is 15.9 Å². The minimum Gasteiger partial charge on any atom is -0.459 e. The zero-order chi connectivity index (χ0) is 21.1. The highest BCUT2D eigenvalue weighted by molar-refractivity contribution is 9.10. The second kappa shape index (κ2) is 9.11. The Kier molecular flexibility index (Phi) is 7.30. The van der Waals surface area contributed by atoms with Crippen LogP contribution in [0.1, 0.15) is 29.5 Å². The average Bonchev–Trinajstić information content (AvgIpc) is 2.58. The summed E-state index contributed by atoms with van der Waals surface area (Å²) >= 11 is 2.51. The molecule has 10 heteroatoms. The van der Waals surface area contributed by atoms with Crippen molar-refractivity contribution in [1.82, 2.24) is 0 Å². The molecular formula is C18H13BrF8O. The van der Waals surface area contributed by atoms with E-state index in [-0.39, 0.29) is 12.8 Å². The van der Waals surface area contributed by atoms with E-state index in [1.807, 2.05) is 0 Å². The van der Waals surface area contributed by atoms with E-state index < -0.39 is 58.4 Å². The molecule has 0 spiro atoms. The average molecular weight is 477 g/mol. The number of hydrogen-bond acceptors (Lipinski definition) is 1. The van der Waals surface area contributed by atoms with Crippen LogP contribution in [0.15, 0.2) is 34.8 Å². The van der Waals surface area contributed by atoms with Gasteiger partial charge in [-0.15, -0.1) is 0 Å². The molecule has 1 unspecified atom stereocenters. The van der Waals surface area contributed by atoms with Crippen molar-refractivity contribution in [3.05, 3.63) is 63.1 Å². The summed E-state index contributed by atoms with van der Waals surface area (Å²) in [5, 5.41) is 0. The molecule has 0 aliphatic heterocycles. The Hall–Kier alpha value is -1.84. The van der Waals surface area contributed by atoms with Crippen LogP contribution in [0, 0.1) is 11.6 Å². The summed E-state index contributed by atoms with van der Waals surface area (Å²) in [5.74, 6) is -4.35. The van der Waals surface area contributed by atoms with E-state index >= 15 is 0 Å². The predicted octanol–water partition coefficient (Wildman–Crippen LogP) is 7.08. The molecule has 0 N–H and O–H groups in total. The maximum atomic E-state index is 14.5. The molecule has 2 aromatic carbocycles. The first kappa shape index (κ1) is 22.4. The van der Waals surface area contributed by atoms with Gasteiger partial charge in [0.2, 0.25) is 6.36 Å². The molecule has 2 aromatic rings. The van der Waals surface area contributed by atoms with Gasteiger partial charge in [-0.05, 0) is 34.3 Å². The molecule has 0 bridgehead atoms. The Morgan fingerprint density at radius 1 is 0.929 bits per heavy atom. The minimum absolute atomic E-state index is 0.0745. The van der Waals surface area contributed by atoms with Gasteiger partial charge in [0, 0.05) is 5.56 Å². The number of benzene rings is 2. The predicted molar refractivity (Wildman–Crippen MR) is 89.1 cm³/mol. The maximum Gasteiger partial charge on any atom is 0.395 e. The van der Waals surface area contributed by atoms with Crippen molar-refractivity contribution in [2.75, 3.05) is 0 Å². The Morgan fingerprint density at radius 2 is 1.54 bits per heavy atom. The van der Waals surface area contributed by atoms with E-state index in [0.29, 0.717) is 5.56 Å². The van der Waals surface area contributed by atoms with Gasteiger partial charge in [0.05, 0.1) is 10.0 Å². The SMILES string of the molecule is Fc1c(Br)c(F)c(C(F)F)c(OC(F)CC(F)(F)F)c1CCc1ccccc1. The number of ether oxygens (including phenoxy) is 1. The molecule has 2 rings (SSSR count). The van der Waals surface area contributed by atoms with E-state index in [4.69, 9.17) is 0 Å². The Labute approximate surface area is 163 Å². The van der Waals surface area contributed by atoms with Crippen LogP contribution < -0.4 is 4.74 Å². The molecule has 28 heavy (non-hydrogen) atoms. The van der Waals surface area contributed by atoms with E-state index in [0.717, 1.165) is 0 Å². The molecule has 0 fully saturated rings. The Morgan fingerprint density at radius 3 is 2.07 bits per heavy atom. The van der Waals surface area contributed by atoms with Gasteiger partial charge in [-0.2, -0.15) is 13.2 Å². The highest BCUT2D eigenvalue weighted by Gasteiger charge is 2.36. The number of halogens is 9. The molecule has 154 valence electrons. The van der Waals surface area contributed by atoms with Gasteiger partial charge >= 0.3 is 6.18 Å². The van der Waals surface area contributed by atoms with Crippen LogP contribution in [0.3, 0.4) is 0 Å². The van der Waals surface area contributed by atoms with Gasteiger partial charge in [-0.25, -0.2) is 22.0 Å².